The minimum atomic E-state index is -1.01. The van der Waals surface area contributed by atoms with E-state index in [1.165, 1.54) is 17.2 Å². The molecule has 3 aromatic rings. The average Bonchev–Trinajstić information content (AvgIpc) is 2.94. The Morgan fingerprint density at radius 3 is 2.84 bits per heavy atom. The summed E-state index contributed by atoms with van der Waals surface area (Å²) in [6.45, 7) is 1.64. The molecule has 0 saturated carbocycles. The van der Waals surface area contributed by atoms with Crippen molar-refractivity contribution in [2.45, 2.75) is 6.92 Å². The van der Waals surface area contributed by atoms with Crippen molar-refractivity contribution in [3.63, 3.8) is 0 Å². The van der Waals surface area contributed by atoms with Gasteiger partial charge >= 0.3 is 5.97 Å². The van der Waals surface area contributed by atoms with Gasteiger partial charge in [0, 0.05) is 13.2 Å². The first-order chi connectivity index (χ1) is 9.08. The van der Waals surface area contributed by atoms with Gasteiger partial charge in [0.2, 0.25) is 0 Å². The lowest BCUT2D eigenvalue weighted by Crippen LogP contribution is -2.01. The zero-order valence-electron chi connectivity index (χ0n) is 10.3. The van der Waals surface area contributed by atoms with Crippen LogP contribution >= 0.6 is 0 Å². The number of aromatic carboxylic acids is 1. The summed E-state index contributed by atoms with van der Waals surface area (Å²) >= 11 is 0. The molecule has 0 saturated heterocycles. The topological polar surface area (TPSA) is 98.7 Å². The van der Waals surface area contributed by atoms with Crippen LogP contribution in [0.25, 0.3) is 16.9 Å². The molecular weight excluding hydrogens is 248 g/mol. The molecule has 0 aliphatic heterocycles. The third-order valence-electron chi connectivity index (χ3n) is 2.85. The van der Waals surface area contributed by atoms with Crippen LogP contribution in [-0.2, 0) is 7.05 Å². The third-order valence-corrected chi connectivity index (χ3v) is 2.85. The lowest BCUT2D eigenvalue weighted by molar-refractivity contribution is 0.0696. The first-order valence-electron chi connectivity index (χ1n) is 5.50. The van der Waals surface area contributed by atoms with E-state index in [1.807, 2.05) is 0 Å². The molecule has 3 heterocycles. The molecule has 19 heavy (non-hydrogen) atoms. The maximum Gasteiger partial charge on any atom is 0.339 e. The predicted molar refractivity (Wildman–Crippen MR) is 65.1 cm³/mol. The lowest BCUT2D eigenvalue weighted by atomic mass is 10.3. The summed E-state index contributed by atoms with van der Waals surface area (Å²) in [7, 11) is 1.77. The molecule has 8 heteroatoms. The van der Waals surface area contributed by atoms with Gasteiger partial charge in [0.05, 0.1) is 17.3 Å². The quantitative estimate of drug-likeness (QED) is 0.720. The van der Waals surface area contributed by atoms with E-state index >= 15 is 0 Å². The summed E-state index contributed by atoms with van der Waals surface area (Å²) in [5.41, 5.74) is 1.24. The zero-order chi connectivity index (χ0) is 13.6. The summed E-state index contributed by atoms with van der Waals surface area (Å²) in [6, 6.07) is 0. The zero-order valence-corrected chi connectivity index (χ0v) is 10.3. The second-order valence-electron chi connectivity index (χ2n) is 4.08. The van der Waals surface area contributed by atoms with Crippen molar-refractivity contribution >= 4 is 17.0 Å². The second kappa shape index (κ2) is 3.87. The van der Waals surface area contributed by atoms with Crippen molar-refractivity contribution < 1.29 is 9.90 Å². The molecule has 0 atom stereocenters. The number of fused-ring (bicyclic) bond motifs is 1. The smallest absolute Gasteiger partial charge is 0.339 e. The van der Waals surface area contributed by atoms with Gasteiger partial charge in [-0.05, 0) is 6.92 Å². The van der Waals surface area contributed by atoms with E-state index in [-0.39, 0.29) is 5.56 Å². The Hall–Kier alpha value is -2.77. The molecule has 0 aromatic carbocycles. The average molecular weight is 258 g/mol. The summed E-state index contributed by atoms with van der Waals surface area (Å²) in [5.74, 6) is -0.506. The predicted octanol–water partition coefficient (Wildman–Crippen LogP) is 0.556. The molecule has 3 rings (SSSR count). The summed E-state index contributed by atoms with van der Waals surface area (Å²) < 4.78 is 3.06. The van der Waals surface area contributed by atoms with Crippen LogP contribution in [0.3, 0.4) is 0 Å². The molecule has 0 spiro atoms. The number of nitrogens with zero attached hydrogens (tertiary/aromatic N) is 6. The molecule has 0 bridgehead atoms. The highest BCUT2D eigenvalue weighted by Gasteiger charge is 2.16. The van der Waals surface area contributed by atoms with Crippen LogP contribution in [0.2, 0.25) is 0 Å². The second-order valence-corrected chi connectivity index (χ2v) is 4.08. The molecule has 3 aromatic heterocycles. The Balaban J connectivity index is 2.24. The van der Waals surface area contributed by atoms with Gasteiger partial charge in [-0.15, -0.1) is 0 Å². The first kappa shape index (κ1) is 11.3. The van der Waals surface area contributed by atoms with Crippen molar-refractivity contribution in [3.8, 4) is 5.82 Å². The lowest BCUT2D eigenvalue weighted by Gasteiger charge is -2.00. The first-order valence-corrected chi connectivity index (χ1v) is 5.50. The fourth-order valence-corrected chi connectivity index (χ4v) is 1.91. The van der Waals surface area contributed by atoms with E-state index in [4.69, 9.17) is 5.11 Å². The molecule has 96 valence electrons. The molecule has 1 N–H and O–H groups in total. The Morgan fingerprint density at radius 2 is 2.16 bits per heavy atom. The Bertz CT molecular complexity index is 788. The van der Waals surface area contributed by atoms with Gasteiger partial charge in [-0.25, -0.2) is 19.4 Å². The molecular formula is C11H10N6O2. The van der Waals surface area contributed by atoms with Gasteiger partial charge in [-0.1, -0.05) is 0 Å². The van der Waals surface area contributed by atoms with Crippen molar-refractivity contribution in [1.82, 2.24) is 29.5 Å². The number of hydrogen-bond acceptors (Lipinski definition) is 5. The molecule has 0 amide bonds. The Kier molecular flexibility index (Phi) is 2.31. The molecule has 0 unspecified atom stereocenters. The molecule has 0 fully saturated rings. The molecule has 0 aliphatic rings. The van der Waals surface area contributed by atoms with Crippen LogP contribution in [0, 0.1) is 6.92 Å². The van der Waals surface area contributed by atoms with Crippen LogP contribution in [0.4, 0.5) is 0 Å². The van der Waals surface area contributed by atoms with Gasteiger partial charge < -0.3 is 5.11 Å². The van der Waals surface area contributed by atoms with Crippen molar-refractivity contribution in [2.75, 3.05) is 0 Å². The van der Waals surface area contributed by atoms with E-state index in [1.54, 1.807) is 24.9 Å². The highest BCUT2D eigenvalue weighted by Crippen LogP contribution is 2.18. The van der Waals surface area contributed by atoms with Gasteiger partial charge in [-0.2, -0.15) is 10.2 Å². The number of carbonyl (C=O) groups is 1. The van der Waals surface area contributed by atoms with Crippen LogP contribution in [0.1, 0.15) is 16.1 Å². The third kappa shape index (κ3) is 1.65. The number of rotatable bonds is 2. The molecule has 8 nitrogen and oxygen atoms in total. The van der Waals surface area contributed by atoms with Gasteiger partial charge in [-0.3, -0.25) is 4.68 Å². The molecule has 0 aliphatic carbocycles. The van der Waals surface area contributed by atoms with Crippen molar-refractivity contribution in [1.29, 1.82) is 0 Å². The van der Waals surface area contributed by atoms with E-state index in [0.29, 0.717) is 22.5 Å². The minimum Gasteiger partial charge on any atom is -0.478 e. The van der Waals surface area contributed by atoms with E-state index in [9.17, 15) is 4.79 Å². The minimum absolute atomic E-state index is 0.149. The van der Waals surface area contributed by atoms with Gasteiger partial charge in [0.1, 0.15) is 11.9 Å². The highest BCUT2D eigenvalue weighted by molar-refractivity contribution is 5.89. The monoisotopic (exact) mass is 258 g/mol. The highest BCUT2D eigenvalue weighted by atomic mass is 16.4. The Labute approximate surface area is 107 Å². The van der Waals surface area contributed by atoms with E-state index in [2.05, 4.69) is 20.2 Å². The normalized spacial score (nSPS) is 11.1. The summed E-state index contributed by atoms with van der Waals surface area (Å²) in [6.07, 6.45) is 4.46. The van der Waals surface area contributed by atoms with Gasteiger partial charge in [0.15, 0.2) is 11.5 Å². The summed E-state index contributed by atoms with van der Waals surface area (Å²) in [4.78, 5) is 19.3. The number of aromatic nitrogens is 6. The molecule has 0 radical (unpaired) electrons. The van der Waals surface area contributed by atoms with E-state index in [0.717, 1.165) is 0 Å². The van der Waals surface area contributed by atoms with Crippen molar-refractivity contribution in [3.05, 3.63) is 30.0 Å². The van der Waals surface area contributed by atoms with Crippen LogP contribution in [0.15, 0.2) is 18.7 Å². The standard InChI is InChI=1S/C11H10N6O2/c1-6-8(11(18)19)4-17(15-6)10-7-3-14-16(2)9(7)12-5-13-10/h3-5H,1-2H3,(H,18,19). The van der Waals surface area contributed by atoms with Gasteiger partial charge in [0.25, 0.3) is 0 Å². The fraction of sp³-hybridized carbons (Fsp3) is 0.182. The summed E-state index contributed by atoms with van der Waals surface area (Å²) in [5, 5.41) is 18.0. The maximum atomic E-state index is 11.0. The van der Waals surface area contributed by atoms with Crippen LogP contribution in [0.5, 0.6) is 0 Å². The van der Waals surface area contributed by atoms with E-state index < -0.39 is 5.97 Å². The number of hydrogen-bond donors (Lipinski definition) is 1. The Morgan fingerprint density at radius 1 is 1.37 bits per heavy atom. The largest absolute Gasteiger partial charge is 0.478 e. The number of aryl methyl sites for hydroxylation is 2. The maximum absolute atomic E-state index is 11.0. The van der Waals surface area contributed by atoms with Crippen LogP contribution < -0.4 is 0 Å². The number of carboxylic acid groups (broad SMARTS) is 1. The van der Waals surface area contributed by atoms with Crippen LogP contribution in [-0.4, -0.2) is 40.6 Å². The van der Waals surface area contributed by atoms with Crippen molar-refractivity contribution in [2.24, 2.45) is 7.05 Å². The SMILES string of the molecule is Cc1nn(-c2ncnc3c2cnn3C)cc1C(=O)O. The number of carboxylic acids is 1. The fourth-order valence-electron chi connectivity index (χ4n) is 1.91.